The van der Waals surface area contributed by atoms with E-state index in [-0.39, 0.29) is 5.43 Å². The van der Waals surface area contributed by atoms with Gasteiger partial charge in [-0.3, -0.25) is 4.79 Å². The van der Waals surface area contributed by atoms with Crippen LogP contribution < -0.4 is 5.43 Å². The van der Waals surface area contributed by atoms with Gasteiger partial charge < -0.3 is 4.42 Å². The predicted octanol–water partition coefficient (Wildman–Crippen LogP) is 5.25. The fourth-order valence-corrected chi connectivity index (χ4v) is 3.39. The first-order valence-corrected chi connectivity index (χ1v) is 7.59. The van der Waals surface area contributed by atoms with Gasteiger partial charge in [-0.15, -0.1) is 0 Å². The van der Waals surface area contributed by atoms with Crippen LogP contribution in [0.1, 0.15) is 0 Å². The summed E-state index contributed by atoms with van der Waals surface area (Å²) in [7, 11) is 0. The number of hydrogen-bond acceptors (Lipinski definition) is 2. The zero-order valence-corrected chi connectivity index (χ0v) is 12.2. The van der Waals surface area contributed by atoms with Crippen LogP contribution in [-0.4, -0.2) is 0 Å². The van der Waals surface area contributed by atoms with Gasteiger partial charge >= 0.3 is 0 Å². The predicted molar refractivity (Wildman–Crippen MR) is 95.0 cm³/mol. The van der Waals surface area contributed by atoms with Gasteiger partial charge in [0, 0.05) is 10.8 Å². The van der Waals surface area contributed by atoms with Crippen LogP contribution in [0.4, 0.5) is 0 Å². The standard InChI is InChI=1S/C21H12O2/c22-17-11-9-14-6-2-4-8-16(14)21-20(17)19-15-7-3-1-5-13(15)10-12-18(19)23-21/h1-12H. The summed E-state index contributed by atoms with van der Waals surface area (Å²) in [4.78, 5) is 12.7. The smallest absolute Gasteiger partial charge is 0.190 e. The Labute approximate surface area is 131 Å². The minimum Gasteiger partial charge on any atom is -0.455 e. The molecule has 0 aliphatic rings. The Morgan fingerprint density at radius 1 is 0.609 bits per heavy atom. The lowest BCUT2D eigenvalue weighted by Crippen LogP contribution is -1.93. The van der Waals surface area contributed by atoms with Crippen LogP contribution in [0, 0.1) is 0 Å². The molecule has 1 aromatic heterocycles. The molecule has 1 heterocycles. The highest BCUT2D eigenvalue weighted by atomic mass is 16.3. The molecule has 0 aliphatic carbocycles. The molecule has 0 amide bonds. The lowest BCUT2D eigenvalue weighted by molar-refractivity contribution is 0.673. The molecule has 0 bridgehead atoms. The number of hydrogen-bond donors (Lipinski definition) is 0. The molecule has 0 unspecified atom stereocenters. The summed E-state index contributed by atoms with van der Waals surface area (Å²) < 4.78 is 6.11. The van der Waals surface area contributed by atoms with Gasteiger partial charge in [0.05, 0.1) is 5.39 Å². The third-order valence-corrected chi connectivity index (χ3v) is 4.45. The van der Waals surface area contributed by atoms with Gasteiger partial charge in [0.25, 0.3) is 0 Å². The summed E-state index contributed by atoms with van der Waals surface area (Å²) in [6, 6.07) is 23.5. The molecule has 2 heteroatoms. The van der Waals surface area contributed by atoms with E-state index in [0.717, 1.165) is 32.5 Å². The Hall–Kier alpha value is -3.13. The van der Waals surface area contributed by atoms with Gasteiger partial charge in [-0.05, 0) is 28.3 Å². The highest BCUT2D eigenvalue weighted by Gasteiger charge is 2.14. The minimum atomic E-state index is -0.00805. The van der Waals surface area contributed by atoms with Crippen LogP contribution in [0.5, 0.6) is 0 Å². The van der Waals surface area contributed by atoms with E-state index in [0.29, 0.717) is 11.0 Å². The Balaban J connectivity index is 2.20. The Bertz CT molecular complexity index is 1270. The maximum atomic E-state index is 12.7. The van der Waals surface area contributed by atoms with Crippen LogP contribution in [0.3, 0.4) is 0 Å². The Morgan fingerprint density at radius 2 is 1.26 bits per heavy atom. The molecular weight excluding hydrogens is 284 g/mol. The first-order valence-electron chi connectivity index (χ1n) is 7.59. The fourth-order valence-electron chi connectivity index (χ4n) is 3.39. The van der Waals surface area contributed by atoms with Crippen LogP contribution in [0.15, 0.2) is 82.0 Å². The van der Waals surface area contributed by atoms with Crippen molar-refractivity contribution < 1.29 is 4.42 Å². The van der Waals surface area contributed by atoms with Crippen LogP contribution in [0.2, 0.25) is 0 Å². The summed E-state index contributed by atoms with van der Waals surface area (Å²) >= 11 is 0. The van der Waals surface area contributed by atoms with Crippen molar-refractivity contribution in [3.63, 3.8) is 0 Å². The molecule has 4 aromatic carbocycles. The number of benzene rings is 3. The average molecular weight is 296 g/mol. The van der Waals surface area contributed by atoms with Crippen molar-refractivity contribution >= 4 is 43.5 Å². The maximum Gasteiger partial charge on any atom is 0.190 e. The van der Waals surface area contributed by atoms with Gasteiger partial charge in [0.1, 0.15) is 11.2 Å². The second-order valence-electron chi connectivity index (χ2n) is 5.75. The van der Waals surface area contributed by atoms with E-state index in [4.69, 9.17) is 4.42 Å². The molecule has 0 N–H and O–H groups in total. The zero-order valence-electron chi connectivity index (χ0n) is 12.2. The van der Waals surface area contributed by atoms with E-state index in [1.54, 1.807) is 6.07 Å². The lowest BCUT2D eigenvalue weighted by atomic mass is 10.0. The topological polar surface area (TPSA) is 30.2 Å². The fraction of sp³-hybridized carbons (Fsp3) is 0. The van der Waals surface area contributed by atoms with Crippen molar-refractivity contribution in [3.8, 4) is 0 Å². The summed E-state index contributed by atoms with van der Waals surface area (Å²) in [5.74, 6) is 0. The quantitative estimate of drug-likeness (QED) is 0.390. The van der Waals surface area contributed by atoms with Crippen LogP contribution >= 0.6 is 0 Å². The minimum absolute atomic E-state index is 0.00805. The van der Waals surface area contributed by atoms with Gasteiger partial charge in [-0.2, -0.15) is 0 Å². The number of furan rings is 1. The molecule has 0 aliphatic heterocycles. The molecular formula is C21H12O2. The third-order valence-electron chi connectivity index (χ3n) is 4.45. The van der Waals surface area contributed by atoms with E-state index in [1.807, 2.05) is 60.7 Å². The van der Waals surface area contributed by atoms with Crippen molar-refractivity contribution in [2.75, 3.05) is 0 Å². The molecule has 23 heavy (non-hydrogen) atoms. The van der Waals surface area contributed by atoms with Crippen LogP contribution in [0.25, 0.3) is 43.5 Å². The maximum absolute atomic E-state index is 12.7. The lowest BCUT2D eigenvalue weighted by Gasteiger charge is -1.97. The highest BCUT2D eigenvalue weighted by Crippen LogP contribution is 2.35. The molecule has 2 nitrogen and oxygen atoms in total. The Morgan fingerprint density at radius 3 is 2.09 bits per heavy atom. The second-order valence-corrected chi connectivity index (χ2v) is 5.75. The van der Waals surface area contributed by atoms with Crippen molar-refractivity contribution in [1.29, 1.82) is 0 Å². The van der Waals surface area contributed by atoms with Crippen molar-refractivity contribution in [1.82, 2.24) is 0 Å². The molecule has 0 saturated heterocycles. The molecule has 0 atom stereocenters. The molecule has 0 radical (unpaired) electrons. The van der Waals surface area contributed by atoms with E-state index < -0.39 is 0 Å². The first kappa shape index (κ1) is 12.4. The normalized spacial score (nSPS) is 11.7. The van der Waals surface area contributed by atoms with Crippen LogP contribution in [-0.2, 0) is 0 Å². The second kappa shape index (κ2) is 4.43. The van der Waals surface area contributed by atoms with Gasteiger partial charge in [-0.1, -0.05) is 60.7 Å². The molecule has 0 fully saturated rings. The molecule has 5 aromatic rings. The average Bonchev–Trinajstić information content (AvgIpc) is 2.94. The third kappa shape index (κ3) is 1.66. The van der Waals surface area contributed by atoms with E-state index >= 15 is 0 Å². The monoisotopic (exact) mass is 296 g/mol. The van der Waals surface area contributed by atoms with Crippen molar-refractivity contribution in [3.05, 3.63) is 83.0 Å². The molecule has 0 saturated carbocycles. The summed E-state index contributed by atoms with van der Waals surface area (Å²) in [6.07, 6.45) is 0. The van der Waals surface area contributed by atoms with Gasteiger partial charge in [-0.25, -0.2) is 0 Å². The molecule has 0 spiro atoms. The highest BCUT2D eigenvalue weighted by molar-refractivity contribution is 6.22. The largest absolute Gasteiger partial charge is 0.455 e. The zero-order chi connectivity index (χ0) is 15.4. The van der Waals surface area contributed by atoms with Crippen molar-refractivity contribution in [2.45, 2.75) is 0 Å². The Kier molecular flexibility index (Phi) is 2.39. The van der Waals surface area contributed by atoms with Gasteiger partial charge in [0.2, 0.25) is 0 Å². The summed E-state index contributed by atoms with van der Waals surface area (Å²) in [5, 5.41) is 5.70. The molecule has 108 valence electrons. The molecule has 5 rings (SSSR count). The van der Waals surface area contributed by atoms with Gasteiger partial charge in [0.15, 0.2) is 5.43 Å². The van der Waals surface area contributed by atoms with E-state index in [9.17, 15) is 4.79 Å². The first-order chi connectivity index (χ1) is 11.3. The summed E-state index contributed by atoms with van der Waals surface area (Å²) in [6.45, 7) is 0. The summed E-state index contributed by atoms with van der Waals surface area (Å²) in [5.41, 5.74) is 1.42. The van der Waals surface area contributed by atoms with Crippen molar-refractivity contribution in [2.24, 2.45) is 0 Å². The van der Waals surface area contributed by atoms with E-state index in [2.05, 4.69) is 6.07 Å². The number of rotatable bonds is 0. The SMILES string of the molecule is O=c1ccc2ccccc2c2oc3ccc4ccccc4c3c12. The van der Waals surface area contributed by atoms with E-state index in [1.165, 1.54) is 0 Å². The number of fused-ring (bicyclic) bond motifs is 7.